The third-order valence-electron chi connectivity index (χ3n) is 6.10. The van der Waals surface area contributed by atoms with E-state index in [1.165, 1.54) is 17.8 Å². The van der Waals surface area contributed by atoms with Crippen LogP contribution in [-0.2, 0) is 22.6 Å². The molecule has 0 saturated heterocycles. The Kier molecular flexibility index (Phi) is 7.84. The number of hydrogen-bond acceptors (Lipinski definition) is 6. The van der Waals surface area contributed by atoms with Gasteiger partial charge in [-0.25, -0.2) is 14.3 Å². The molecule has 0 fully saturated rings. The molecule has 3 aromatic carbocycles. The number of imidazole rings is 1. The normalized spacial score (nSPS) is 11.6. The number of nitrogens with one attached hydrogen (secondary N) is 1. The number of methoxy groups -OCH3 is 1. The average Bonchev–Trinajstić information content (AvgIpc) is 3.41. The topological polar surface area (TPSA) is 94.8 Å². The lowest BCUT2D eigenvalue weighted by molar-refractivity contribution is -0.142. The first-order valence-electron chi connectivity index (χ1n) is 12.3. The standard InChI is InChI=1S/C30H25ClN4O4/c1-38-30(37)26(17-20-7-13-24(14-8-20)39-19-21-5-3-2-4-6-21)33-29(36)27-18-35-28(32-27)16-15-25(34-35)22-9-11-23(31)12-10-22/h2-16,18,26H,17,19H2,1H3,(H,33,36)/t26-/m0/s1. The molecule has 39 heavy (non-hydrogen) atoms. The number of carbonyl (C=O) groups is 2. The monoisotopic (exact) mass is 540 g/mol. The Balaban J connectivity index is 1.26. The summed E-state index contributed by atoms with van der Waals surface area (Å²) in [6.07, 6.45) is 1.76. The fourth-order valence-electron chi connectivity index (χ4n) is 4.03. The summed E-state index contributed by atoms with van der Waals surface area (Å²) in [6.45, 7) is 0.454. The summed E-state index contributed by atoms with van der Waals surface area (Å²) in [6, 6.07) is 27.2. The van der Waals surface area contributed by atoms with Gasteiger partial charge in [0.05, 0.1) is 19.0 Å². The van der Waals surface area contributed by atoms with Gasteiger partial charge in [0.2, 0.25) is 0 Å². The molecule has 0 aliphatic rings. The minimum Gasteiger partial charge on any atom is -0.489 e. The van der Waals surface area contributed by atoms with Crippen LogP contribution in [0.15, 0.2) is 97.2 Å². The van der Waals surface area contributed by atoms with Crippen molar-refractivity contribution in [2.45, 2.75) is 19.1 Å². The van der Waals surface area contributed by atoms with E-state index in [1.54, 1.807) is 18.2 Å². The molecule has 0 aliphatic heterocycles. The SMILES string of the molecule is COC(=O)[C@H](Cc1ccc(OCc2ccccc2)cc1)NC(=O)c1cn2nc(-c3ccc(Cl)cc3)ccc2n1. The summed E-state index contributed by atoms with van der Waals surface area (Å²) in [4.78, 5) is 29.9. The number of rotatable bonds is 9. The van der Waals surface area contributed by atoms with Crippen LogP contribution in [0.3, 0.4) is 0 Å². The molecule has 1 N–H and O–H groups in total. The number of carbonyl (C=O) groups excluding carboxylic acids is 2. The van der Waals surface area contributed by atoms with Crippen molar-refractivity contribution < 1.29 is 19.1 Å². The highest BCUT2D eigenvalue weighted by Gasteiger charge is 2.24. The van der Waals surface area contributed by atoms with E-state index >= 15 is 0 Å². The molecular weight excluding hydrogens is 516 g/mol. The predicted octanol–water partition coefficient (Wildman–Crippen LogP) is 5.14. The first kappa shape index (κ1) is 25.9. The molecule has 0 saturated carbocycles. The molecule has 2 aromatic heterocycles. The van der Waals surface area contributed by atoms with Gasteiger partial charge in [-0.05, 0) is 47.5 Å². The van der Waals surface area contributed by atoms with Gasteiger partial charge in [0.15, 0.2) is 5.65 Å². The van der Waals surface area contributed by atoms with Crippen molar-refractivity contribution in [3.8, 4) is 17.0 Å². The Morgan fingerprint density at radius 1 is 0.923 bits per heavy atom. The van der Waals surface area contributed by atoms with Gasteiger partial charge in [-0.1, -0.05) is 66.2 Å². The van der Waals surface area contributed by atoms with Crippen LogP contribution in [-0.4, -0.2) is 39.6 Å². The molecule has 0 bridgehead atoms. The summed E-state index contributed by atoms with van der Waals surface area (Å²) < 4.78 is 12.3. The van der Waals surface area contributed by atoms with E-state index in [0.29, 0.717) is 28.7 Å². The van der Waals surface area contributed by atoms with E-state index in [0.717, 1.165) is 16.7 Å². The van der Waals surface area contributed by atoms with E-state index in [9.17, 15) is 9.59 Å². The largest absolute Gasteiger partial charge is 0.489 e. The molecule has 1 atom stereocenters. The Labute approximate surface area is 230 Å². The molecule has 1 amide bonds. The van der Waals surface area contributed by atoms with Gasteiger partial charge in [-0.15, -0.1) is 0 Å². The molecule has 0 spiro atoms. The summed E-state index contributed by atoms with van der Waals surface area (Å²) >= 11 is 5.98. The van der Waals surface area contributed by atoms with E-state index in [1.807, 2.05) is 72.8 Å². The molecule has 0 radical (unpaired) electrons. The average molecular weight is 541 g/mol. The van der Waals surface area contributed by atoms with E-state index < -0.39 is 17.9 Å². The molecule has 196 valence electrons. The number of amides is 1. The van der Waals surface area contributed by atoms with Crippen molar-refractivity contribution in [1.29, 1.82) is 0 Å². The van der Waals surface area contributed by atoms with Crippen LogP contribution in [0.5, 0.6) is 5.75 Å². The second kappa shape index (κ2) is 11.8. The molecular formula is C30H25ClN4O4. The lowest BCUT2D eigenvalue weighted by atomic mass is 10.1. The number of benzene rings is 3. The highest BCUT2D eigenvalue weighted by molar-refractivity contribution is 6.30. The van der Waals surface area contributed by atoms with E-state index in [-0.39, 0.29) is 12.1 Å². The van der Waals surface area contributed by atoms with Crippen molar-refractivity contribution >= 4 is 29.1 Å². The molecule has 9 heteroatoms. The third kappa shape index (κ3) is 6.42. The maximum atomic E-state index is 13.0. The van der Waals surface area contributed by atoms with Crippen LogP contribution in [0.25, 0.3) is 16.9 Å². The maximum absolute atomic E-state index is 13.0. The summed E-state index contributed by atoms with van der Waals surface area (Å²) in [5.41, 5.74) is 4.11. The maximum Gasteiger partial charge on any atom is 0.328 e. The fourth-order valence-corrected chi connectivity index (χ4v) is 4.16. The van der Waals surface area contributed by atoms with Gasteiger partial charge >= 0.3 is 5.97 Å². The van der Waals surface area contributed by atoms with Crippen LogP contribution in [0.1, 0.15) is 21.6 Å². The zero-order valence-corrected chi connectivity index (χ0v) is 21.8. The summed E-state index contributed by atoms with van der Waals surface area (Å²) in [5.74, 6) is -0.358. The Morgan fingerprint density at radius 2 is 1.67 bits per heavy atom. The van der Waals surface area contributed by atoms with Crippen LogP contribution in [0, 0.1) is 0 Å². The molecule has 0 aliphatic carbocycles. The number of nitrogens with zero attached hydrogens (tertiary/aromatic N) is 3. The number of halogens is 1. The molecule has 5 rings (SSSR count). The molecule has 5 aromatic rings. The first-order chi connectivity index (χ1) is 19.0. The highest BCUT2D eigenvalue weighted by Crippen LogP contribution is 2.20. The van der Waals surface area contributed by atoms with E-state index in [2.05, 4.69) is 15.4 Å². The lowest BCUT2D eigenvalue weighted by Gasteiger charge is -2.16. The van der Waals surface area contributed by atoms with Gasteiger partial charge in [0.25, 0.3) is 5.91 Å². The minimum absolute atomic E-state index is 0.134. The molecule has 0 unspecified atom stereocenters. The summed E-state index contributed by atoms with van der Waals surface area (Å²) in [7, 11) is 1.29. The third-order valence-corrected chi connectivity index (χ3v) is 6.35. The van der Waals surface area contributed by atoms with Gasteiger partial charge in [0, 0.05) is 17.0 Å². The number of fused-ring (bicyclic) bond motifs is 1. The Bertz CT molecular complexity index is 1590. The van der Waals surface area contributed by atoms with Crippen LogP contribution < -0.4 is 10.1 Å². The van der Waals surface area contributed by atoms with Gasteiger partial charge in [-0.2, -0.15) is 5.10 Å². The second-order valence-electron chi connectivity index (χ2n) is 8.83. The van der Waals surface area contributed by atoms with Crippen molar-refractivity contribution in [1.82, 2.24) is 19.9 Å². The van der Waals surface area contributed by atoms with Crippen molar-refractivity contribution in [2.75, 3.05) is 7.11 Å². The van der Waals surface area contributed by atoms with Crippen LogP contribution >= 0.6 is 11.6 Å². The van der Waals surface area contributed by atoms with Gasteiger partial charge < -0.3 is 14.8 Å². The fraction of sp³-hybridized carbons (Fsp3) is 0.133. The van der Waals surface area contributed by atoms with Gasteiger partial charge in [0.1, 0.15) is 24.1 Å². The first-order valence-corrected chi connectivity index (χ1v) is 12.6. The second-order valence-corrected chi connectivity index (χ2v) is 9.26. The van der Waals surface area contributed by atoms with Crippen LogP contribution in [0.2, 0.25) is 5.02 Å². The quantitative estimate of drug-likeness (QED) is 0.260. The van der Waals surface area contributed by atoms with Crippen molar-refractivity contribution in [3.05, 3.63) is 119 Å². The number of aromatic nitrogens is 3. The Morgan fingerprint density at radius 3 is 2.38 bits per heavy atom. The summed E-state index contributed by atoms with van der Waals surface area (Å²) in [5, 5.41) is 7.92. The van der Waals surface area contributed by atoms with Crippen LogP contribution in [0.4, 0.5) is 0 Å². The smallest absolute Gasteiger partial charge is 0.328 e. The zero-order valence-electron chi connectivity index (χ0n) is 21.1. The van der Waals surface area contributed by atoms with Gasteiger partial charge in [-0.3, -0.25) is 4.79 Å². The van der Waals surface area contributed by atoms with Crippen molar-refractivity contribution in [2.24, 2.45) is 0 Å². The van der Waals surface area contributed by atoms with E-state index in [4.69, 9.17) is 21.1 Å². The Hall–Kier alpha value is -4.69. The highest BCUT2D eigenvalue weighted by atomic mass is 35.5. The molecule has 8 nitrogen and oxygen atoms in total. The number of hydrogen-bond donors (Lipinski definition) is 1. The number of esters is 1. The number of ether oxygens (including phenoxy) is 2. The lowest BCUT2D eigenvalue weighted by Crippen LogP contribution is -2.43. The van der Waals surface area contributed by atoms with Crippen molar-refractivity contribution in [3.63, 3.8) is 0 Å². The minimum atomic E-state index is -0.902. The molecule has 2 heterocycles. The zero-order chi connectivity index (χ0) is 27.2. The predicted molar refractivity (Wildman–Crippen MR) is 148 cm³/mol.